The van der Waals surface area contributed by atoms with Crippen LogP contribution in [0.3, 0.4) is 0 Å². The number of rotatable bonds is 1. The highest BCUT2D eigenvalue weighted by Crippen LogP contribution is 2.44. The Kier molecular flexibility index (Phi) is 3.23. The molecule has 0 bridgehead atoms. The standard InChI is InChI=1S/C17H25N3/c1-12-4-6-15(7-5-12)20-16(18)19-11-17(20)9-8-13(2)14(3)10-17/h4-7,13-14H,8-11H2,1-3H3,(H2,18,19). The van der Waals surface area contributed by atoms with E-state index in [-0.39, 0.29) is 5.54 Å². The first-order valence-corrected chi connectivity index (χ1v) is 7.69. The van der Waals surface area contributed by atoms with Gasteiger partial charge >= 0.3 is 0 Å². The zero-order valence-corrected chi connectivity index (χ0v) is 12.8. The van der Waals surface area contributed by atoms with Crippen molar-refractivity contribution < 1.29 is 0 Å². The lowest BCUT2D eigenvalue weighted by Crippen LogP contribution is -2.55. The van der Waals surface area contributed by atoms with Gasteiger partial charge in [0.15, 0.2) is 5.96 Å². The molecule has 3 heteroatoms. The van der Waals surface area contributed by atoms with Gasteiger partial charge in [0.1, 0.15) is 0 Å². The fraction of sp³-hybridized carbons (Fsp3) is 0.588. The summed E-state index contributed by atoms with van der Waals surface area (Å²) >= 11 is 0. The number of benzene rings is 1. The monoisotopic (exact) mass is 271 g/mol. The molecule has 0 radical (unpaired) electrons. The maximum atomic E-state index is 6.21. The van der Waals surface area contributed by atoms with Crippen molar-refractivity contribution in [3.8, 4) is 0 Å². The van der Waals surface area contributed by atoms with E-state index >= 15 is 0 Å². The van der Waals surface area contributed by atoms with Gasteiger partial charge in [0.05, 0.1) is 12.1 Å². The third kappa shape index (κ3) is 2.09. The normalized spacial score (nSPS) is 33.5. The molecular weight excluding hydrogens is 246 g/mol. The maximum absolute atomic E-state index is 6.21. The van der Waals surface area contributed by atoms with Crippen molar-refractivity contribution in [1.29, 1.82) is 0 Å². The Morgan fingerprint density at radius 2 is 1.90 bits per heavy atom. The molecule has 3 atom stereocenters. The van der Waals surface area contributed by atoms with E-state index in [4.69, 9.17) is 5.73 Å². The lowest BCUT2D eigenvalue weighted by molar-refractivity contribution is 0.189. The van der Waals surface area contributed by atoms with Crippen LogP contribution in [0.4, 0.5) is 5.69 Å². The van der Waals surface area contributed by atoms with E-state index < -0.39 is 0 Å². The van der Waals surface area contributed by atoms with E-state index in [1.807, 2.05) is 0 Å². The Morgan fingerprint density at radius 1 is 1.20 bits per heavy atom. The van der Waals surface area contributed by atoms with Crippen LogP contribution in [-0.4, -0.2) is 18.0 Å². The summed E-state index contributed by atoms with van der Waals surface area (Å²) in [7, 11) is 0. The lowest BCUT2D eigenvalue weighted by atomic mass is 9.70. The summed E-state index contributed by atoms with van der Waals surface area (Å²) in [6, 6.07) is 8.66. The predicted octanol–water partition coefficient (Wildman–Crippen LogP) is 3.32. The highest BCUT2D eigenvalue weighted by Gasteiger charge is 2.46. The Bertz CT molecular complexity index is 520. The summed E-state index contributed by atoms with van der Waals surface area (Å²) in [6.45, 7) is 7.70. The first-order valence-electron chi connectivity index (χ1n) is 7.69. The van der Waals surface area contributed by atoms with Crippen LogP contribution in [-0.2, 0) is 0 Å². The number of aryl methyl sites for hydroxylation is 1. The van der Waals surface area contributed by atoms with Crippen LogP contribution in [0.5, 0.6) is 0 Å². The largest absolute Gasteiger partial charge is 0.369 e. The molecule has 1 aliphatic carbocycles. The molecule has 3 nitrogen and oxygen atoms in total. The number of nitrogens with zero attached hydrogens (tertiary/aromatic N) is 2. The van der Waals surface area contributed by atoms with Crippen molar-refractivity contribution in [2.75, 3.05) is 11.4 Å². The molecule has 1 fully saturated rings. The third-order valence-electron chi connectivity index (χ3n) is 5.27. The maximum Gasteiger partial charge on any atom is 0.196 e. The van der Waals surface area contributed by atoms with E-state index in [9.17, 15) is 0 Å². The minimum Gasteiger partial charge on any atom is -0.369 e. The van der Waals surface area contributed by atoms with E-state index in [0.717, 1.165) is 18.4 Å². The predicted molar refractivity (Wildman–Crippen MR) is 85.1 cm³/mol. The number of anilines is 1. The van der Waals surface area contributed by atoms with Crippen LogP contribution in [0.25, 0.3) is 0 Å². The highest BCUT2D eigenvalue weighted by atomic mass is 15.4. The second-order valence-corrected chi connectivity index (χ2v) is 6.77. The zero-order chi connectivity index (χ0) is 14.3. The van der Waals surface area contributed by atoms with Crippen LogP contribution in [0, 0.1) is 18.8 Å². The number of hydrogen-bond donors (Lipinski definition) is 1. The highest BCUT2D eigenvalue weighted by molar-refractivity contribution is 5.98. The summed E-state index contributed by atoms with van der Waals surface area (Å²) in [5, 5.41) is 0. The Morgan fingerprint density at radius 3 is 2.55 bits per heavy atom. The number of aliphatic imine (C=N–C) groups is 1. The second kappa shape index (κ2) is 4.80. The SMILES string of the molecule is Cc1ccc(N2C(N)=NCC23CCC(C)C(C)C3)cc1. The molecule has 1 saturated carbocycles. The van der Waals surface area contributed by atoms with E-state index in [1.54, 1.807) is 0 Å². The van der Waals surface area contributed by atoms with Crippen LogP contribution < -0.4 is 10.6 Å². The quantitative estimate of drug-likeness (QED) is 0.851. The average Bonchev–Trinajstić information content (AvgIpc) is 2.73. The summed E-state index contributed by atoms with van der Waals surface area (Å²) in [5.41, 5.74) is 8.80. The van der Waals surface area contributed by atoms with Crippen molar-refractivity contribution >= 4 is 11.6 Å². The molecule has 1 aromatic rings. The molecule has 2 aliphatic rings. The zero-order valence-electron chi connectivity index (χ0n) is 12.8. The molecule has 0 saturated heterocycles. The Balaban J connectivity index is 1.94. The van der Waals surface area contributed by atoms with E-state index in [1.165, 1.54) is 30.5 Å². The van der Waals surface area contributed by atoms with Crippen molar-refractivity contribution in [2.45, 2.75) is 45.6 Å². The van der Waals surface area contributed by atoms with Gasteiger partial charge in [-0.2, -0.15) is 0 Å². The topological polar surface area (TPSA) is 41.6 Å². The molecule has 0 aromatic heterocycles. The fourth-order valence-corrected chi connectivity index (χ4v) is 3.74. The third-order valence-corrected chi connectivity index (χ3v) is 5.27. The number of nitrogens with two attached hydrogens (primary N) is 1. The average molecular weight is 271 g/mol. The fourth-order valence-electron chi connectivity index (χ4n) is 3.74. The summed E-state index contributed by atoms with van der Waals surface area (Å²) < 4.78 is 0. The molecule has 1 spiro atoms. The van der Waals surface area contributed by atoms with Crippen LogP contribution in [0.2, 0.25) is 0 Å². The van der Waals surface area contributed by atoms with Gasteiger partial charge in [0.25, 0.3) is 0 Å². The van der Waals surface area contributed by atoms with Gasteiger partial charge in [-0.3, -0.25) is 4.99 Å². The summed E-state index contributed by atoms with van der Waals surface area (Å²) in [4.78, 5) is 6.87. The van der Waals surface area contributed by atoms with Gasteiger partial charge in [-0.1, -0.05) is 31.5 Å². The number of guanidine groups is 1. The molecule has 1 aromatic carbocycles. The lowest BCUT2D eigenvalue weighted by Gasteiger charge is -2.46. The summed E-state index contributed by atoms with van der Waals surface area (Å²) in [6.07, 6.45) is 3.65. The Hall–Kier alpha value is -1.51. The molecule has 1 aliphatic heterocycles. The number of hydrogen-bond acceptors (Lipinski definition) is 3. The van der Waals surface area contributed by atoms with Gasteiger partial charge in [-0.15, -0.1) is 0 Å². The molecular formula is C17H25N3. The van der Waals surface area contributed by atoms with Crippen molar-refractivity contribution in [1.82, 2.24) is 0 Å². The van der Waals surface area contributed by atoms with Gasteiger partial charge in [-0.05, 0) is 50.2 Å². The van der Waals surface area contributed by atoms with Crippen molar-refractivity contribution in [2.24, 2.45) is 22.6 Å². The molecule has 0 amide bonds. The molecule has 3 rings (SSSR count). The van der Waals surface area contributed by atoms with Crippen LogP contribution in [0.15, 0.2) is 29.3 Å². The minimum absolute atomic E-state index is 0.116. The molecule has 20 heavy (non-hydrogen) atoms. The van der Waals surface area contributed by atoms with Crippen molar-refractivity contribution in [3.05, 3.63) is 29.8 Å². The molecule has 2 N–H and O–H groups in total. The summed E-state index contributed by atoms with van der Waals surface area (Å²) in [5.74, 6) is 2.23. The molecule has 108 valence electrons. The van der Waals surface area contributed by atoms with Gasteiger partial charge < -0.3 is 10.6 Å². The minimum atomic E-state index is 0.116. The second-order valence-electron chi connectivity index (χ2n) is 6.77. The van der Waals surface area contributed by atoms with E-state index in [2.05, 4.69) is 54.9 Å². The van der Waals surface area contributed by atoms with E-state index in [0.29, 0.717) is 5.96 Å². The van der Waals surface area contributed by atoms with Gasteiger partial charge in [-0.25, -0.2) is 0 Å². The Labute approximate surface area is 121 Å². The van der Waals surface area contributed by atoms with Crippen LogP contribution in [0.1, 0.15) is 38.7 Å². The van der Waals surface area contributed by atoms with Gasteiger partial charge in [0.2, 0.25) is 0 Å². The molecule has 3 unspecified atom stereocenters. The molecule has 1 heterocycles. The first kappa shape index (κ1) is 13.5. The van der Waals surface area contributed by atoms with Crippen molar-refractivity contribution in [3.63, 3.8) is 0 Å². The smallest absolute Gasteiger partial charge is 0.196 e. The first-order chi connectivity index (χ1) is 9.52. The van der Waals surface area contributed by atoms with Crippen LogP contribution >= 0.6 is 0 Å². The van der Waals surface area contributed by atoms with Gasteiger partial charge in [0, 0.05) is 5.69 Å².